The second-order valence-corrected chi connectivity index (χ2v) is 14.4. The lowest BCUT2D eigenvalue weighted by atomic mass is 10.1. The highest BCUT2D eigenvalue weighted by molar-refractivity contribution is 5.87. The lowest BCUT2D eigenvalue weighted by Crippen LogP contribution is -2.47. The number of carboxylic acids is 1. The molecule has 0 fully saturated rings. The van der Waals surface area contributed by atoms with Crippen molar-refractivity contribution in [1.29, 1.82) is 0 Å². The van der Waals surface area contributed by atoms with Gasteiger partial charge >= 0.3 is 11.9 Å². The van der Waals surface area contributed by atoms with Crippen LogP contribution in [0.15, 0.2) is 72.9 Å². The van der Waals surface area contributed by atoms with E-state index < -0.39 is 24.5 Å². The fourth-order valence-corrected chi connectivity index (χ4v) is 5.83. The molecule has 318 valence electrons. The van der Waals surface area contributed by atoms with Crippen LogP contribution in [0.25, 0.3) is 0 Å². The molecule has 0 aliphatic carbocycles. The van der Waals surface area contributed by atoms with Gasteiger partial charge in [-0.1, -0.05) is 145 Å². The van der Waals surface area contributed by atoms with Crippen molar-refractivity contribution in [2.75, 3.05) is 13.2 Å². The highest BCUT2D eigenvalue weighted by Crippen LogP contribution is 2.15. The molecular weight excluding hydrogens is 705 g/mol. The summed E-state index contributed by atoms with van der Waals surface area (Å²) in [5.74, 6) is -2.46. The lowest BCUT2D eigenvalue weighted by Gasteiger charge is -2.15. The number of aliphatic hydroxyl groups is 1. The molecule has 0 rings (SSSR count). The molecule has 2 amide bonds. The summed E-state index contributed by atoms with van der Waals surface area (Å²) >= 11 is 0. The summed E-state index contributed by atoms with van der Waals surface area (Å²) in [7, 11) is 0. The van der Waals surface area contributed by atoms with Gasteiger partial charge in [-0.25, -0.2) is 4.79 Å². The van der Waals surface area contributed by atoms with Crippen LogP contribution in [0, 0.1) is 0 Å². The van der Waals surface area contributed by atoms with Crippen molar-refractivity contribution in [3.63, 3.8) is 0 Å². The largest absolute Gasteiger partial charge is 0.480 e. The molecule has 2 unspecified atom stereocenters. The minimum atomic E-state index is -1.40. The first-order valence-electron chi connectivity index (χ1n) is 21.8. The number of amides is 2. The molecule has 0 saturated carbocycles. The summed E-state index contributed by atoms with van der Waals surface area (Å²) in [6, 6.07) is -1.40. The Morgan fingerprint density at radius 2 is 1.07 bits per heavy atom. The molecule has 4 N–H and O–H groups in total. The Hall–Kier alpha value is -3.72. The highest BCUT2D eigenvalue weighted by Gasteiger charge is 2.18. The average Bonchev–Trinajstić information content (AvgIpc) is 3.18. The quantitative estimate of drug-likeness (QED) is 0.0277. The molecular formula is C47H78N2O7. The molecule has 0 bridgehead atoms. The Labute approximate surface area is 340 Å². The number of nitrogens with one attached hydrogen (secondary N) is 2. The van der Waals surface area contributed by atoms with Crippen LogP contribution in [0.2, 0.25) is 0 Å². The van der Waals surface area contributed by atoms with E-state index in [1.165, 1.54) is 57.8 Å². The van der Waals surface area contributed by atoms with Gasteiger partial charge in [0.25, 0.3) is 0 Å². The number of carbonyl (C=O) groups excluding carboxylic acids is 3. The number of carbonyl (C=O) groups is 4. The summed E-state index contributed by atoms with van der Waals surface area (Å²) in [4.78, 5) is 47.5. The Kier molecular flexibility index (Phi) is 38.2. The standard InChI is InChI=1S/C47H78N2O7/c1-3-5-7-9-11-13-14-15-16-17-18-19-20-21-22-23-24-25-27-29-35-39-46(53)56-42(36-32-28-26-12-10-8-6-4-2)37-33-30-31-34-38-44(51)48-40-45(52)49-43(41-50)47(54)55/h6,8,12,14-15,17-18,20-21,26,32,36,42-43,50H,3-5,7,9-11,13,16,19,22-25,27-31,33-35,37-41H2,1-2H3,(H,48,51)(H,49,52)(H,54,55)/b8-6-,15-14-,18-17-,21-20-,26-12-,36-32-. The number of hydrogen-bond acceptors (Lipinski definition) is 6. The monoisotopic (exact) mass is 783 g/mol. The number of aliphatic hydroxyl groups excluding tert-OH is 1. The fraction of sp³-hybridized carbons (Fsp3) is 0.660. The van der Waals surface area contributed by atoms with Crippen molar-refractivity contribution < 1.29 is 34.1 Å². The number of carboxylic acid groups (broad SMARTS) is 1. The predicted octanol–water partition coefficient (Wildman–Crippen LogP) is 10.7. The van der Waals surface area contributed by atoms with Gasteiger partial charge in [0.2, 0.25) is 11.8 Å². The molecule has 0 spiro atoms. The van der Waals surface area contributed by atoms with Crippen LogP contribution in [-0.2, 0) is 23.9 Å². The lowest BCUT2D eigenvalue weighted by molar-refractivity contribution is -0.147. The minimum absolute atomic E-state index is 0.151. The number of rotatable bonds is 38. The fourth-order valence-electron chi connectivity index (χ4n) is 5.83. The van der Waals surface area contributed by atoms with Crippen molar-refractivity contribution in [3.8, 4) is 0 Å². The second kappa shape index (κ2) is 40.9. The molecule has 0 saturated heterocycles. The van der Waals surface area contributed by atoms with E-state index in [2.05, 4.69) is 91.3 Å². The molecule has 0 aliphatic heterocycles. The molecule has 0 aliphatic rings. The number of unbranched alkanes of at least 4 members (excludes halogenated alkanes) is 14. The first-order valence-corrected chi connectivity index (χ1v) is 21.8. The first kappa shape index (κ1) is 52.3. The zero-order valence-electron chi connectivity index (χ0n) is 35.1. The van der Waals surface area contributed by atoms with Crippen LogP contribution in [0.1, 0.15) is 174 Å². The molecule has 56 heavy (non-hydrogen) atoms. The van der Waals surface area contributed by atoms with Crippen LogP contribution in [0.5, 0.6) is 0 Å². The second-order valence-electron chi connectivity index (χ2n) is 14.4. The maximum absolute atomic E-state index is 12.7. The molecule has 9 heteroatoms. The SMILES string of the molecule is CC/C=C\C/C=C\C/C=C\C(CCCCCCC(=O)NCC(=O)NC(CO)C(=O)O)OC(=O)CCCCCCCC/C=C\C/C=C\C/C=C\CCCCCCC. The van der Waals surface area contributed by atoms with Gasteiger partial charge in [-0.3, -0.25) is 14.4 Å². The summed E-state index contributed by atoms with van der Waals surface area (Å²) in [5, 5.41) is 22.5. The summed E-state index contributed by atoms with van der Waals surface area (Å²) in [6.07, 6.45) is 51.0. The number of aliphatic carboxylic acids is 1. The number of ether oxygens (including phenoxy) is 1. The Morgan fingerprint density at radius 3 is 1.64 bits per heavy atom. The van der Waals surface area contributed by atoms with Gasteiger partial charge in [-0.15, -0.1) is 0 Å². The zero-order valence-corrected chi connectivity index (χ0v) is 35.1. The van der Waals surface area contributed by atoms with Crippen LogP contribution in [0.3, 0.4) is 0 Å². The van der Waals surface area contributed by atoms with Gasteiger partial charge in [0.15, 0.2) is 0 Å². The average molecular weight is 783 g/mol. The van der Waals surface area contributed by atoms with E-state index in [0.29, 0.717) is 19.3 Å². The Bertz CT molecular complexity index is 1170. The Morgan fingerprint density at radius 1 is 0.571 bits per heavy atom. The van der Waals surface area contributed by atoms with Crippen molar-refractivity contribution in [2.24, 2.45) is 0 Å². The number of esters is 1. The van der Waals surface area contributed by atoms with Crippen LogP contribution >= 0.6 is 0 Å². The predicted molar refractivity (Wildman–Crippen MR) is 231 cm³/mol. The van der Waals surface area contributed by atoms with Crippen molar-refractivity contribution in [2.45, 2.75) is 187 Å². The minimum Gasteiger partial charge on any atom is -0.480 e. The molecule has 0 aromatic carbocycles. The maximum Gasteiger partial charge on any atom is 0.328 e. The molecule has 0 aromatic heterocycles. The van der Waals surface area contributed by atoms with E-state index in [4.69, 9.17) is 14.9 Å². The van der Waals surface area contributed by atoms with E-state index in [1.54, 1.807) is 0 Å². The van der Waals surface area contributed by atoms with E-state index in [0.717, 1.165) is 77.0 Å². The first-order chi connectivity index (χ1) is 27.3. The number of allylic oxidation sites excluding steroid dienone is 11. The molecule has 0 radical (unpaired) electrons. The van der Waals surface area contributed by atoms with Gasteiger partial charge in [-0.2, -0.15) is 0 Å². The van der Waals surface area contributed by atoms with Gasteiger partial charge in [0.05, 0.1) is 13.2 Å². The smallest absolute Gasteiger partial charge is 0.328 e. The third kappa shape index (κ3) is 37.2. The van der Waals surface area contributed by atoms with Crippen molar-refractivity contribution in [1.82, 2.24) is 10.6 Å². The van der Waals surface area contributed by atoms with E-state index in [9.17, 15) is 19.2 Å². The van der Waals surface area contributed by atoms with Crippen LogP contribution < -0.4 is 10.6 Å². The zero-order chi connectivity index (χ0) is 41.2. The van der Waals surface area contributed by atoms with Gasteiger partial charge in [0.1, 0.15) is 12.1 Å². The third-order valence-corrected chi connectivity index (χ3v) is 9.17. The van der Waals surface area contributed by atoms with Crippen molar-refractivity contribution in [3.05, 3.63) is 72.9 Å². The van der Waals surface area contributed by atoms with Crippen molar-refractivity contribution >= 4 is 23.8 Å². The summed E-state index contributed by atoms with van der Waals surface area (Å²) in [5.41, 5.74) is 0. The van der Waals surface area contributed by atoms with E-state index in [1.807, 2.05) is 6.08 Å². The van der Waals surface area contributed by atoms with Gasteiger partial charge in [0, 0.05) is 12.8 Å². The Balaban J connectivity index is 4.27. The summed E-state index contributed by atoms with van der Waals surface area (Å²) < 4.78 is 5.87. The third-order valence-electron chi connectivity index (χ3n) is 9.17. The highest BCUT2D eigenvalue weighted by atomic mass is 16.5. The normalized spacial score (nSPS) is 13.2. The topological polar surface area (TPSA) is 142 Å². The molecule has 2 atom stereocenters. The molecule has 9 nitrogen and oxygen atoms in total. The van der Waals surface area contributed by atoms with Gasteiger partial charge in [-0.05, 0) is 89.5 Å². The van der Waals surface area contributed by atoms with Gasteiger partial charge < -0.3 is 25.6 Å². The van der Waals surface area contributed by atoms with Crippen LogP contribution in [-0.4, -0.2) is 59.3 Å². The van der Waals surface area contributed by atoms with E-state index >= 15 is 0 Å². The summed E-state index contributed by atoms with van der Waals surface area (Å²) in [6.45, 7) is 3.30. The number of hydrogen-bond donors (Lipinski definition) is 4. The molecule has 0 aromatic rings. The maximum atomic E-state index is 12.7. The van der Waals surface area contributed by atoms with E-state index in [-0.39, 0.29) is 30.9 Å². The van der Waals surface area contributed by atoms with Crippen LogP contribution in [0.4, 0.5) is 0 Å². The molecule has 0 heterocycles.